The molecule has 0 spiro atoms. The van der Waals surface area contributed by atoms with Gasteiger partial charge in [0.15, 0.2) is 0 Å². The highest BCUT2D eigenvalue weighted by atomic mass is 79.9. The Morgan fingerprint density at radius 3 is 2.72 bits per heavy atom. The number of benzene rings is 1. The summed E-state index contributed by atoms with van der Waals surface area (Å²) in [5, 5.41) is 2.92. The van der Waals surface area contributed by atoms with Gasteiger partial charge in [0.2, 0.25) is 0 Å². The number of hydrogen-bond acceptors (Lipinski definition) is 2. The predicted molar refractivity (Wildman–Crippen MR) is 83.3 cm³/mol. The van der Waals surface area contributed by atoms with Gasteiger partial charge < -0.3 is 0 Å². The van der Waals surface area contributed by atoms with Gasteiger partial charge in [0.25, 0.3) is 0 Å². The normalized spacial score (nSPS) is 12.7. The average molecular weight is 345 g/mol. The van der Waals surface area contributed by atoms with Crippen LogP contribution in [0.3, 0.4) is 0 Å². The molecule has 0 amide bonds. The second-order valence-corrected chi connectivity index (χ2v) is 6.73. The molecule has 0 aliphatic heterocycles. The van der Waals surface area contributed by atoms with Crippen molar-refractivity contribution in [2.45, 2.75) is 26.2 Å². The molecule has 0 aliphatic rings. The zero-order valence-corrected chi connectivity index (χ0v) is 13.6. The summed E-state index contributed by atoms with van der Waals surface area (Å²) in [5.74, 6) is 0.425. The van der Waals surface area contributed by atoms with Crippen molar-refractivity contribution >= 4 is 38.9 Å². The number of halogens is 2. The van der Waals surface area contributed by atoms with E-state index in [1.807, 2.05) is 18.2 Å². The van der Waals surface area contributed by atoms with Gasteiger partial charge in [-0.25, -0.2) is 4.98 Å². The van der Waals surface area contributed by atoms with Gasteiger partial charge >= 0.3 is 0 Å². The molecule has 0 fully saturated rings. The molecule has 4 heteroatoms. The van der Waals surface area contributed by atoms with Gasteiger partial charge in [-0.15, -0.1) is 11.3 Å². The summed E-state index contributed by atoms with van der Waals surface area (Å²) in [4.78, 5) is 5.92. The first-order valence-electron chi connectivity index (χ1n) is 5.84. The van der Waals surface area contributed by atoms with Crippen LogP contribution in [-0.4, -0.2) is 10.3 Å². The summed E-state index contributed by atoms with van der Waals surface area (Å²) >= 11 is 11.4. The smallest absolute Gasteiger partial charge is 0.0937 e. The molecule has 1 atom stereocenters. The highest BCUT2D eigenvalue weighted by Crippen LogP contribution is 2.27. The summed E-state index contributed by atoms with van der Waals surface area (Å²) in [6, 6.07) is 8.09. The molecule has 1 aromatic heterocycles. The van der Waals surface area contributed by atoms with Crippen LogP contribution in [0, 0.1) is 13.8 Å². The van der Waals surface area contributed by atoms with Crippen molar-refractivity contribution < 1.29 is 0 Å². The lowest BCUT2D eigenvalue weighted by atomic mass is 9.98. The van der Waals surface area contributed by atoms with Crippen molar-refractivity contribution in [3.05, 3.63) is 50.4 Å². The summed E-state index contributed by atoms with van der Waals surface area (Å²) in [5.41, 5.74) is 2.42. The van der Waals surface area contributed by atoms with Gasteiger partial charge in [-0.05, 0) is 37.5 Å². The molecule has 0 radical (unpaired) electrons. The number of thiazole rings is 1. The van der Waals surface area contributed by atoms with E-state index < -0.39 is 0 Å². The monoisotopic (exact) mass is 343 g/mol. The lowest BCUT2D eigenvalue weighted by Crippen LogP contribution is -2.04. The summed E-state index contributed by atoms with van der Waals surface area (Å²) in [6.07, 6.45) is 0.963. The zero-order chi connectivity index (χ0) is 13.1. The highest BCUT2D eigenvalue weighted by molar-refractivity contribution is 9.09. The molecule has 1 unspecified atom stereocenters. The van der Waals surface area contributed by atoms with Crippen molar-refractivity contribution in [2.75, 3.05) is 5.33 Å². The Morgan fingerprint density at radius 1 is 1.39 bits per heavy atom. The first-order chi connectivity index (χ1) is 8.60. The van der Waals surface area contributed by atoms with Crippen LogP contribution in [0.25, 0.3) is 0 Å². The molecule has 18 heavy (non-hydrogen) atoms. The van der Waals surface area contributed by atoms with Crippen LogP contribution in [0.1, 0.15) is 27.1 Å². The topological polar surface area (TPSA) is 12.9 Å². The van der Waals surface area contributed by atoms with Gasteiger partial charge in [-0.1, -0.05) is 39.7 Å². The standard InChI is InChI=1S/C14H15BrClNS/c1-9-10(2)18-14(17-9)7-12(8-15)11-4-3-5-13(16)6-11/h3-6,12H,7-8H2,1-2H3. The van der Waals surface area contributed by atoms with Gasteiger partial charge in [0.1, 0.15) is 0 Å². The second-order valence-electron chi connectivity index (χ2n) is 4.36. The molecule has 0 bridgehead atoms. The summed E-state index contributed by atoms with van der Waals surface area (Å²) < 4.78 is 0. The number of hydrogen-bond donors (Lipinski definition) is 0. The zero-order valence-electron chi connectivity index (χ0n) is 10.4. The Kier molecular flexibility index (Phi) is 4.82. The molecule has 2 aromatic rings. The molecule has 1 aromatic carbocycles. The fraction of sp³-hybridized carbons (Fsp3) is 0.357. The van der Waals surface area contributed by atoms with Gasteiger partial charge in [-0.2, -0.15) is 0 Å². The third kappa shape index (κ3) is 3.34. The third-order valence-electron chi connectivity index (χ3n) is 3.00. The number of aromatic nitrogens is 1. The van der Waals surface area contributed by atoms with E-state index in [9.17, 15) is 0 Å². The van der Waals surface area contributed by atoms with E-state index in [0.717, 1.165) is 22.5 Å². The van der Waals surface area contributed by atoms with Gasteiger partial charge in [0.05, 0.1) is 10.7 Å². The maximum absolute atomic E-state index is 6.05. The maximum Gasteiger partial charge on any atom is 0.0937 e. The molecule has 0 saturated heterocycles. The quantitative estimate of drug-likeness (QED) is 0.700. The van der Waals surface area contributed by atoms with E-state index in [-0.39, 0.29) is 0 Å². The Morgan fingerprint density at radius 2 is 2.17 bits per heavy atom. The van der Waals surface area contributed by atoms with Crippen LogP contribution >= 0.6 is 38.9 Å². The van der Waals surface area contributed by atoms with Crippen molar-refractivity contribution in [3.63, 3.8) is 0 Å². The summed E-state index contributed by atoms with van der Waals surface area (Å²) in [7, 11) is 0. The predicted octanol–water partition coefficient (Wildman–Crippen LogP) is 5.13. The lowest BCUT2D eigenvalue weighted by Gasteiger charge is -2.13. The van der Waals surface area contributed by atoms with E-state index in [1.54, 1.807) is 11.3 Å². The third-order valence-corrected chi connectivity index (χ3v) is 5.11. The van der Waals surface area contributed by atoms with Crippen LogP contribution < -0.4 is 0 Å². The molecular weight excluding hydrogens is 330 g/mol. The van der Waals surface area contributed by atoms with E-state index in [2.05, 4.69) is 40.8 Å². The number of alkyl halides is 1. The SMILES string of the molecule is Cc1nc(CC(CBr)c2cccc(Cl)c2)sc1C. The van der Waals surface area contributed by atoms with Crippen molar-refractivity contribution in [2.24, 2.45) is 0 Å². The molecular formula is C14H15BrClNS. The Balaban J connectivity index is 2.19. The van der Waals surface area contributed by atoms with E-state index in [0.29, 0.717) is 5.92 Å². The van der Waals surface area contributed by atoms with Crippen LogP contribution in [-0.2, 0) is 6.42 Å². The fourth-order valence-corrected chi connectivity index (χ4v) is 3.67. The fourth-order valence-electron chi connectivity index (χ4n) is 1.86. The van der Waals surface area contributed by atoms with Crippen LogP contribution in [0.2, 0.25) is 5.02 Å². The molecule has 2 rings (SSSR count). The lowest BCUT2D eigenvalue weighted by molar-refractivity contribution is 0.768. The van der Waals surface area contributed by atoms with Gasteiger partial charge in [-0.3, -0.25) is 0 Å². The van der Waals surface area contributed by atoms with Crippen LogP contribution in [0.4, 0.5) is 0 Å². The maximum atomic E-state index is 6.05. The first kappa shape index (κ1) is 14.0. The van der Waals surface area contributed by atoms with Gasteiger partial charge in [0, 0.05) is 21.7 Å². The van der Waals surface area contributed by atoms with Crippen molar-refractivity contribution in [1.82, 2.24) is 4.98 Å². The van der Waals surface area contributed by atoms with E-state index in [1.165, 1.54) is 15.4 Å². The van der Waals surface area contributed by atoms with Crippen molar-refractivity contribution in [1.29, 1.82) is 0 Å². The van der Waals surface area contributed by atoms with E-state index in [4.69, 9.17) is 11.6 Å². The van der Waals surface area contributed by atoms with Crippen LogP contribution in [0.5, 0.6) is 0 Å². The average Bonchev–Trinajstić information content (AvgIpc) is 2.65. The molecule has 0 saturated carbocycles. The molecule has 1 nitrogen and oxygen atoms in total. The Bertz CT molecular complexity index is 519. The number of rotatable bonds is 4. The minimum Gasteiger partial charge on any atom is -0.246 e. The Labute approximate surface area is 125 Å². The molecule has 1 heterocycles. The van der Waals surface area contributed by atoms with Crippen molar-refractivity contribution in [3.8, 4) is 0 Å². The second kappa shape index (κ2) is 6.18. The largest absolute Gasteiger partial charge is 0.246 e. The summed E-state index contributed by atoms with van der Waals surface area (Å²) in [6.45, 7) is 4.19. The number of aryl methyl sites for hydroxylation is 2. The first-order valence-corrected chi connectivity index (χ1v) is 8.16. The Hall–Kier alpha value is -0.380. The minimum absolute atomic E-state index is 0.425. The highest BCUT2D eigenvalue weighted by Gasteiger charge is 2.14. The van der Waals surface area contributed by atoms with E-state index >= 15 is 0 Å². The molecule has 96 valence electrons. The molecule has 0 aliphatic carbocycles. The minimum atomic E-state index is 0.425. The van der Waals surface area contributed by atoms with Crippen LogP contribution in [0.15, 0.2) is 24.3 Å². The number of nitrogens with zero attached hydrogens (tertiary/aromatic N) is 1. The molecule has 0 N–H and O–H groups in total.